The lowest BCUT2D eigenvalue weighted by Gasteiger charge is -2.17. The van der Waals surface area contributed by atoms with Gasteiger partial charge in [0.1, 0.15) is 12.2 Å². The molecule has 1 aromatic carbocycles. The van der Waals surface area contributed by atoms with E-state index in [0.717, 1.165) is 0 Å². The molecule has 1 atom stereocenters. The second-order valence-electron chi connectivity index (χ2n) is 5.75. The van der Waals surface area contributed by atoms with Crippen molar-refractivity contribution in [3.63, 3.8) is 0 Å². The molecule has 0 aliphatic carbocycles. The summed E-state index contributed by atoms with van der Waals surface area (Å²) < 4.78 is 5.69. The van der Waals surface area contributed by atoms with Crippen LogP contribution in [-0.4, -0.2) is 44.9 Å². The first-order valence-electron chi connectivity index (χ1n) is 7.96. The summed E-state index contributed by atoms with van der Waals surface area (Å²) in [5.74, 6) is -0.0574. The van der Waals surface area contributed by atoms with E-state index in [1.54, 1.807) is 23.1 Å². The number of aromatic nitrogens is 2. The first kappa shape index (κ1) is 17.3. The second-order valence-corrected chi connectivity index (χ2v) is 5.75. The van der Waals surface area contributed by atoms with E-state index in [1.165, 1.54) is 18.5 Å². The van der Waals surface area contributed by atoms with E-state index in [9.17, 15) is 14.9 Å². The molecule has 3 rings (SSSR count). The van der Waals surface area contributed by atoms with Crippen LogP contribution in [-0.2, 0) is 11.2 Å². The molecule has 1 amide bonds. The van der Waals surface area contributed by atoms with Gasteiger partial charge in [0.2, 0.25) is 11.6 Å². The number of hydrogen-bond donors (Lipinski definition) is 0. The van der Waals surface area contributed by atoms with E-state index in [0.29, 0.717) is 25.1 Å². The van der Waals surface area contributed by atoms with Crippen molar-refractivity contribution in [1.82, 2.24) is 14.9 Å². The number of nitriles is 1. The molecular weight excluding hydrogens is 338 g/mol. The van der Waals surface area contributed by atoms with Crippen LogP contribution in [0.1, 0.15) is 17.7 Å². The first-order valence-corrected chi connectivity index (χ1v) is 7.96. The largest absolute Gasteiger partial charge is 0.470 e. The summed E-state index contributed by atoms with van der Waals surface area (Å²) in [6.45, 7) is 0.813. The van der Waals surface area contributed by atoms with Gasteiger partial charge in [0.05, 0.1) is 17.9 Å². The van der Waals surface area contributed by atoms with Crippen LogP contribution in [0.5, 0.6) is 5.88 Å². The van der Waals surface area contributed by atoms with E-state index in [2.05, 4.69) is 9.97 Å². The van der Waals surface area contributed by atoms with Gasteiger partial charge in [-0.15, -0.1) is 0 Å². The number of carbonyl (C=O) groups is 1. The molecule has 0 radical (unpaired) electrons. The average Bonchev–Trinajstić information content (AvgIpc) is 3.11. The summed E-state index contributed by atoms with van der Waals surface area (Å²) in [5.41, 5.74) is 0.413. The number of nitro groups is 1. The van der Waals surface area contributed by atoms with Crippen LogP contribution in [0.2, 0.25) is 0 Å². The number of benzene rings is 1. The monoisotopic (exact) mass is 353 g/mol. The number of rotatable bonds is 5. The van der Waals surface area contributed by atoms with Gasteiger partial charge in [0.15, 0.2) is 0 Å². The Morgan fingerprint density at radius 2 is 2.15 bits per heavy atom. The van der Waals surface area contributed by atoms with E-state index in [1.807, 2.05) is 6.07 Å². The lowest BCUT2D eigenvalue weighted by atomic mass is 10.1. The first-order chi connectivity index (χ1) is 12.6. The zero-order valence-electron chi connectivity index (χ0n) is 13.7. The van der Waals surface area contributed by atoms with E-state index in [-0.39, 0.29) is 35.7 Å². The molecule has 2 heterocycles. The molecule has 0 saturated carbocycles. The standard InChI is InChI=1S/C17H15N5O4/c18-10-14-17(20-7-6-19-14)26-13-5-8-21(11-13)16(23)9-12-3-1-2-4-15(12)22(24)25/h1-4,6-7,13H,5,8-9,11H2. The van der Waals surface area contributed by atoms with Gasteiger partial charge >= 0.3 is 0 Å². The SMILES string of the molecule is N#Cc1nccnc1OC1CCN(C(=O)Cc2ccccc2[N+](=O)[O-])C1. The normalized spacial score (nSPS) is 16.1. The topological polar surface area (TPSA) is 122 Å². The number of carbonyl (C=O) groups excluding carboxylic acids is 1. The van der Waals surface area contributed by atoms with Crippen molar-refractivity contribution in [3.8, 4) is 11.9 Å². The Hall–Kier alpha value is -3.54. The van der Waals surface area contributed by atoms with Crippen molar-refractivity contribution in [2.75, 3.05) is 13.1 Å². The van der Waals surface area contributed by atoms with E-state index < -0.39 is 4.92 Å². The summed E-state index contributed by atoms with van der Waals surface area (Å²) in [7, 11) is 0. The van der Waals surface area contributed by atoms with Crippen molar-refractivity contribution >= 4 is 11.6 Å². The second kappa shape index (κ2) is 7.57. The van der Waals surface area contributed by atoms with Crippen LogP contribution >= 0.6 is 0 Å². The minimum Gasteiger partial charge on any atom is -0.470 e. The molecule has 1 aliphatic heterocycles. The van der Waals surface area contributed by atoms with Gasteiger partial charge < -0.3 is 9.64 Å². The number of hydrogen-bond acceptors (Lipinski definition) is 7. The number of amides is 1. The highest BCUT2D eigenvalue weighted by Gasteiger charge is 2.29. The Bertz CT molecular complexity index is 879. The number of nitrogens with zero attached hydrogens (tertiary/aromatic N) is 5. The van der Waals surface area contributed by atoms with Gasteiger partial charge in [-0.25, -0.2) is 9.97 Å². The van der Waals surface area contributed by atoms with Gasteiger partial charge in [-0.05, 0) is 0 Å². The smallest absolute Gasteiger partial charge is 0.273 e. The molecule has 1 aromatic heterocycles. The van der Waals surface area contributed by atoms with Crippen LogP contribution < -0.4 is 4.74 Å². The number of nitro benzene ring substituents is 1. The maximum absolute atomic E-state index is 12.5. The third kappa shape index (κ3) is 3.75. The molecule has 1 fully saturated rings. The molecule has 1 unspecified atom stereocenters. The van der Waals surface area contributed by atoms with Gasteiger partial charge in [0.25, 0.3) is 11.6 Å². The highest BCUT2D eigenvalue weighted by molar-refractivity contribution is 5.80. The lowest BCUT2D eigenvalue weighted by Crippen LogP contribution is -2.32. The lowest BCUT2D eigenvalue weighted by molar-refractivity contribution is -0.385. The fourth-order valence-electron chi connectivity index (χ4n) is 2.81. The zero-order valence-corrected chi connectivity index (χ0v) is 13.7. The molecule has 0 bridgehead atoms. The Balaban J connectivity index is 1.63. The fraction of sp³-hybridized carbons (Fsp3) is 0.294. The van der Waals surface area contributed by atoms with Crippen LogP contribution in [0.25, 0.3) is 0 Å². The average molecular weight is 353 g/mol. The third-order valence-electron chi connectivity index (χ3n) is 4.08. The Morgan fingerprint density at radius 1 is 1.38 bits per heavy atom. The fourth-order valence-corrected chi connectivity index (χ4v) is 2.81. The summed E-state index contributed by atoms with van der Waals surface area (Å²) in [6, 6.07) is 8.12. The highest BCUT2D eigenvalue weighted by atomic mass is 16.6. The summed E-state index contributed by atoms with van der Waals surface area (Å²) in [4.78, 5) is 32.5. The quantitative estimate of drug-likeness (QED) is 0.589. The van der Waals surface area contributed by atoms with Gasteiger partial charge in [-0.2, -0.15) is 5.26 Å². The molecule has 2 aromatic rings. The van der Waals surface area contributed by atoms with Crippen LogP contribution in [0.4, 0.5) is 5.69 Å². The Labute approximate surface area is 149 Å². The van der Waals surface area contributed by atoms with Gasteiger partial charge in [-0.1, -0.05) is 18.2 Å². The molecule has 1 aliphatic rings. The summed E-state index contributed by atoms with van der Waals surface area (Å²) in [5, 5.41) is 20.1. The van der Waals surface area contributed by atoms with E-state index >= 15 is 0 Å². The van der Waals surface area contributed by atoms with Crippen molar-refractivity contribution in [1.29, 1.82) is 5.26 Å². The van der Waals surface area contributed by atoms with Crippen molar-refractivity contribution < 1.29 is 14.5 Å². The number of para-hydroxylation sites is 1. The van der Waals surface area contributed by atoms with Gasteiger partial charge in [-0.3, -0.25) is 14.9 Å². The van der Waals surface area contributed by atoms with Crippen molar-refractivity contribution in [2.45, 2.75) is 18.9 Å². The predicted molar refractivity (Wildman–Crippen MR) is 89.2 cm³/mol. The minimum atomic E-state index is -0.490. The maximum Gasteiger partial charge on any atom is 0.273 e. The van der Waals surface area contributed by atoms with Gasteiger partial charge in [0, 0.05) is 37.0 Å². The summed E-state index contributed by atoms with van der Waals surface area (Å²) >= 11 is 0. The van der Waals surface area contributed by atoms with Crippen LogP contribution in [0.3, 0.4) is 0 Å². The Kier molecular flexibility index (Phi) is 5.03. The maximum atomic E-state index is 12.5. The van der Waals surface area contributed by atoms with Crippen LogP contribution in [0.15, 0.2) is 36.7 Å². The predicted octanol–water partition coefficient (Wildman–Crippen LogP) is 1.48. The molecule has 9 heteroatoms. The molecule has 132 valence electrons. The zero-order chi connectivity index (χ0) is 18.5. The number of ether oxygens (including phenoxy) is 1. The third-order valence-corrected chi connectivity index (χ3v) is 4.08. The Morgan fingerprint density at radius 3 is 2.92 bits per heavy atom. The van der Waals surface area contributed by atoms with Crippen molar-refractivity contribution in [3.05, 3.63) is 58.0 Å². The molecule has 0 spiro atoms. The molecule has 0 N–H and O–H groups in total. The minimum absolute atomic E-state index is 0.0432. The van der Waals surface area contributed by atoms with Crippen LogP contribution in [0, 0.1) is 21.4 Å². The molecule has 9 nitrogen and oxygen atoms in total. The molecule has 1 saturated heterocycles. The highest BCUT2D eigenvalue weighted by Crippen LogP contribution is 2.22. The van der Waals surface area contributed by atoms with E-state index in [4.69, 9.17) is 10.00 Å². The summed E-state index contributed by atoms with van der Waals surface area (Å²) in [6.07, 6.45) is 3.09. The molecular formula is C17H15N5O4. The molecule has 26 heavy (non-hydrogen) atoms. The van der Waals surface area contributed by atoms with Crippen molar-refractivity contribution in [2.24, 2.45) is 0 Å². The number of likely N-dealkylation sites (tertiary alicyclic amines) is 1.